The number of hydrogen-bond donors (Lipinski definition) is 0. The lowest BCUT2D eigenvalue weighted by Gasteiger charge is -2.11. The summed E-state index contributed by atoms with van der Waals surface area (Å²) in [7, 11) is 0. The van der Waals surface area contributed by atoms with Gasteiger partial charge in [0, 0.05) is 0 Å². The Labute approximate surface area is 79.0 Å². The molecule has 1 aromatic carbocycles. The molecule has 0 saturated carbocycles. The van der Waals surface area contributed by atoms with E-state index in [-0.39, 0.29) is 6.10 Å². The first-order chi connectivity index (χ1) is 6.24. The largest absolute Gasteiger partial charge is 0.483 e. The first-order valence-corrected chi connectivity index (χ1v) is 4.29. The molecule has 0 aliphatic carbocycles. The molecular formula is C11H13NO. The standard InChI is InChI=1S/C11H13NO/c1-9-6-4-5-7-11(9)13-10(2)8-12-3/h4-7,10H,8H2,1-2H3. The highest BCUT2D eigenvalue weighted by Gasteiger charge is 2.07. The maximum absolute atomic E-state index is 6.70. The van der Waals surface area contributed by atoms with Crippen molar-refractivity contribution in [3.63, 3.8) is 0 Å². The van der Waals surface area contributed by atoms with Crippen LogP contribution in [0.25, 0.3) is 4.85 Å². The van der Waals surface area contributed by atoms with Gasteiger partial charge in [0.05, 0.1) is 0 Å². The van der Waals surface area contributed by atoms with Crippen molar-refractivity contribution in [3.05, 3.63) is 41.2 Å². The molecule has 1 atom stereocenters. The number of benzene rings is 1. The molecule has 1 rings (SSSR count). The second kappa shape index (κ2) is 4.51. The molecule has 0 spiro atoms. The third kappa shape index (κ3) is 2.79. The normalized spacial score (nSPS) is 11.8. The zero-order valence-electron chi connectivity index (χ0n) is 7.95. The fraction of sp³-hybridized carbons (Fsp3) is 0.364. The zero-order valence-corrected chi connectivity index (χ0v) is 7.95. The second-order valence-corrected chi connectivity index (χ2v) is 3.03. The monoisotopic (exact) mass is 175 g/mol. The van der Waals surface area contributed by atoms with E-state index in [9.17, 15) is 0 Å². The average molecular weight is 175 g/mol. The van der Waals surface area contributed by atoms with E-state index >= 15 is 0 Å². The summed E-state index contributed by atoms with van der Waals surface area (Å²) in [6.45, 7) is 11.0. The lowest BCUT2D eigenvalue weighted by atomic mass is 10.2. The van der Waals surface area contributed by atoms with Crippen LogP contribution in [0.2, 0.25) is 0 Å². The SMILES string of the molecule is [C-]#[N+]CC(C)Oc1ccccc1C. The fourth-order valence-electron chi connectivity index (χ4n) is 1.07. The van der Waals surface area contributed by atoms with Gasteiger partial charge in [-0.25, -0.2) is 6.57 Å². The second-order valence-electron chi connectivity index (χ2n) is 3.03. The Hall–Kier alpha value is -1.49. The minimum absolute atomic E-state index is 0.0291. The van der Waals surface area contributed by atoms with Gasteiger partial charge in [-0.15, -0.1) is 0 Å². The van der Waals surface area contributed by atoms with Gasteiger partial charge in [0.1, 0.15) is 5.75 Å². The lowest BCUT2D eigenvalue weighted by Crippen LogP contribution is -2.14. The van der Waals surface area contributed by atoms with E-state index in [0.717, 1.165) is 11.3 Å². The van der Waals surface area contributed by atoms with E-state index in [0.29, 0.717) is 6.54 Å². The summed E-state index contributed by atoms with van der Waals surface area (Å²) in [5.41, 5.74) is 1.11. The predicted molar refractivity (Wildman–Crippen MR) is 52.7 cm³/mol. The fourth-order valence-corrected chi connectivity index (χ4v) is 1.07. The van der Waals surface area contributed by atoms with Gasteiger partial charge in [-0.05, 0) is 25.5 Å². The number of ether oxygens (including phenoxy) is 1. The summed E-state index contributed by atoms with van der Waals surface area (Å²) in [6.07, 6.45) is -0.0291. The Morgan fingerprint density at radius 3 is 2.77 bits per heavy atom. The third-order valence-corrected chi connectivity index (χ3v) is 1.77. The number of rotatable bonds is 3. The summed E-state index contributed by atoms with van der Waals surface area (Å²) in [5, 5.41) is 0. The number of hydrogen-bond acceptors (Lipinski definition) is 1. The molecule has 13 heavy (non-hydrogen) atoms. The van der Waals surface area contributed by atoms with E-state index in [2.05, 4.69) is 4.85 Å². The topological polar surface area (TPSA) is 13.6 Å². The summed E-state index contributed by atoms with van der Waals surface area (Å²) in [4.78, 5) is 3.29. The molecule has 0 fully saturated rings. The van der Waals surface area contributed by atoms with Crippen molar-refractivity contribution in [1.29, 1.82) is 0 Å². The molecule has 0 saturated heterocycles. The van der Waals surface area contributed by atoms with Gasteiger partial charge in [-0.3, -0.25) is 0 Å². The van der Waals surface area contributed by atoms with Gasteiger partial charge < -0.3 is 9.58 Å². The highest BCUT2D eigenvalue weighted by Crippen LogP contribution is 2.17. The van der Waals surface area contributed by atoms with E-state index in [1.54, 1.807) is 0 Å². The molecule has 1 unspecified atom stereocenters. The number of para-hydroxylation sites is 1. The van der Waals surface area contributed by atoms with Crippen LogP contribution < -0.4 is 4.74 Å². The van der Waals surface area contributed by atoms with Crippen LogP contribution >= 0.6 is 0 Å². The molecular weight excluding hydrogens is 162 g/mol. The van der Waals surface area contributed by atoms with Gasteiger partial charge in [0.2, 0.25) is 0 Å². The van der Waals surface area contributed by atoms with E-state index in [1.165, 1.54) is 0 Å². The van der Waals surface area contributed by atoms with Gasteiger partial charge in [-0.2, -0.15) is 0 Å². The molecule has 0 N–H and O–H groups in total. The predicted octanol–water partition coefficient (Wildman–Crippen LogP) is 2.68. The molecule has 0 aromatic heterocycles. The maximum Gasteiger partial charge on any atom is 0.250 e. The van der Waals surface area contributed by atoms with Crippen LogP contribution in [0.15, 0.2) is 24.3 Å². The Bertz CT molecular complexity index is 314. The van der Waals surface area contributed by atoms with Crippen molar-refractivity contribution < 1.29 is 4.74 Å². The lowest BCUT2D eigenvalue weighted by molar-refractivity contribution is 0.237. The van der Waals surface area contributed by atoms with Crippen LogP contribution in [0.5, 0.6) is 5.75 Å². The third-order valence-electron chi connectivity index (χ3n) is 1.77. The number of nitrogens with zero attached hydrogens (tertiary/aromatic N) is 1. The van der Waals surface area contributed by atoms with Crippen molar-refractivity contribution in [2.45, 2.75) is 20.0 Å². The summed E-state index contributed by atoms with van der Waals surface area (Å²) in [5.74, 6) is 0.874. The van der Waals surface area contributed by atoms with Gasteiger partial charge in [0.25, 0.3) is 6.54 Å². The quantitative estimate of drug-likeness (QED) is 0.644. The average Bonchev–Trinajstić information content (AvgIpc) is 2.09. The Morgan fingerprint density at radius 2 is 2.15 bits per heavy atom. The van der Waals surface area contributed by atoms with Crippen LogP contribution in [0.4, 0.5) is 0 Å². The van der Waals surface area contributed by atoms with Gasteiger partial charge in [-0.1, -0.05) is 18.2 Å². The van der Waals surface area contributed by atoms with Crippen molar-refractivity contribution in [3.8, 4) is 5.75 Å². The minimum atomic E-state index is -0.0291. The summed E-state index contributed by atoms with van der Waals surface area (Å²) < 4.78 is 5.57. The molecule has 0 radical (unpaired) electrons. The maximum atomic E-state index is 6.70. The van der Waals surface area contributed by atoms with Crippen molar-refractivity contribution in [2.24, 2.45) is 0 Å². The smallest absolute Gasteiger partial charge is 0.250 e. The molecule has 0 heterocycles. The van der Waals surface area contributed by atoms with Crippen molar-refractivity contribution in [2.75, 3.05) is 6.54 Å². The van der Waals surface area contributed by atoms with Crippen molar-refractivity contribution in [1.82, 2.24) is 0 Å². The zero-order chi connectivity index (χ0) is 9.68. The van der Waals surface area contributed by atoms with Crippen molar-refractivity contribution >= 4 is 0 Å². The molecule has 1 aromatic rings. The van der Waals surface area contributed by atoms with Crippen LogP contribution in [-0.4, -0.2) is 12.6 Å². The first-order valence-electron chi connectivity index (χ1n) is 4.29. The van der Waals surface area contributed by atoms with E-state index in [4.69, 9.17) is 11.3 Å². The summed E-state index contributed by atoms with van der Waals surface area (Å²) in [6, 6.07) is 7.84. The molecule has 0 aliphatic heterocycles. The Kier molecular flexibility index (Phi) is 3.33. The van der Waals surface area contributed by atoms with E-state index in [1.807, 2.05) is 38.1 Å². The van der Waals surface area contributed by atoms with Crippen LogP contribution in [0, 0.1) is 13.5 Å². The Morgan fingerprint density at radius 1 is 1.46 bits per heavy atom. The minimum Gasteiger partial charge on any atom is -0.483 e. The molecule has 0 amide bonds. The van der Waals surface area contributed by atoms with Crippen LogP contribution in [-0.2, 0) is 0 Å². The van der Waals surface area contributed by atoms with Crippen LogP contribution in [0.1, 0.15) is 12.5 Å². The highest BCUT2D eigenvalue weighted by molar-refractivity contribution is 5.31. The molecule has 68 valence electrons. The van der Waals surface area contributed by atoms with Crippen LogP contribution in [0.3, 0.4) is 0 Å². The molecule has 2 nitrogen and oxygen atoms in total. The molecule has 0 aliphatic rings. The Balaban J connectivity index is 2.64. The van der Waals surface area contributed by atoms with Gasteiger partial charge in [0.15, 0.2) is 6.10 Å². The molecule has 0 bridgehead atoms. The summed E-state index contributed by atoms with van der Waals surface area (Å²) >= 11 is 0. The van der Waals surface area contributed by atoms with Gasteiger partial charge >= 0.3 is 0 Å². The first kappa shape index (κ1) is 9.60. The number of aryl methyl sites for hydroxylation is 1. The highest BCUT2D eigenvalue weighted by atomic mass is 16.5. The van der Waals surface area contributed by atoms with E-state index < -0.39 is 0 Å². The molecule has 2 heteroatoms.